The normalized spacial score (nSPS) is 12.0. The summed E-state index contributed by atoms with van der Waals surface area (Å²) in [6.45, 7) is 1.76. The minimum atomic E-state index is -1.19. The van der Waals surface area contributed by atoms with E-state index in [0.29, 0.717) is 32.2 Å². The van der Waals surface area contributed by atoms with Gasteiger partial charge in [-0.25, -0.2) is 4.79 Å². The summed E-state index contributed by atoms with van der Waals surface area (Å²) >= 11 is 0. The van der Waals surface area contributed by atoms with E-state index in [9.17, 15) is 38.7 Å². The first kappa shape index (κ1) is 54.1. The van der Waals surface area contributed by atoms with Gasteiger partial charge < -0.3 is 61.3 Å². The molecule has 0 unspecified atom stereocenters. The summed E-state index contributed by atoms with van der Waals surface area (Å²) in [4.78, 5) is 80.8. The average molecular weight is 834 g/mol. The van der Waals surface area contributed by atoms with E-state index in [0.717, 1.165) is 51.4 Å². The molecule has 0 rings (SSSR count). The lowest BCUT2D eigenvalue weighted by Crippen LogP contribution is -2.41. The number of hydrogen-bond acceptors (Lipinski definition) is 12. The van der Waals surface area contributed by atoms with Crippen molar-refractivity contribution in [2.24, 2.45) is 5.73 Å². The highest BCUT2D eigenvalue weighted by atomic mass is 16.5. The Bertz CT molecular complexity index is 1150. The number of carboxylic acid groups (broad SMARTS) is 3. The molecule has 0 aliphatic carbocycles. The van der Waals surface area contributed by atoms with Crippen molar-refractivity contribution in [3.8, 4) is 0 Å². The summed E-state index contributed by atoms with van der Waals surface area (Å²) in [5.41, 5.74) is 5.42. The van der Waals surface area contributed by atoms with E-state index < -0.39 is 30.0 Å². The van der Waals surface area contributed by atoms with E-state index in [4.69, 9.17) is 34.9 Å². The Morgan fingerprint density at radius 2 is 0.879 bits per heavy atom. The van der Waals surface area contributed by atoms with Crippen LogP contribution >= 0.6 is 0 Å². The number of carbonyl (C=O) groups is 7. The largest absolute Gasteiger partial charge is 0.481 e. The summed E-state index contributed by atoms with van der Waals surface area (Å²) in [5, 5.41) is 37.3. The lowest BCUT2D eigenvalue weighted by molar-refractivity contribution is -0.142. The second kappa shape index (κ2) is 38.6. The molecule has 2 atom stereocenters. The fourth-order valence-electron chi connectivity index (χ4n) is 5.45. The molecule has 0 aliphatic heterocycles. The molecule has 19 nitrogen and oxygen atoms in total. The van der Waals surface area contributed by atoms with Crippen molar-refractivity contribution in [2.75, 3.05) is 72.5 Å². The first-order chi connectivity index (χ1) is 27.9. The molecule has 0 saturated heterocycles. The van der Waals surface area contributed by atoms with E-state index in [1.54, 1.807) is 0 Å². The monoisotopic (exact) mass is 833 g/mol. The Kier molecular flexibility index (Phi) is 36.0. The zero-order valence-corrected chi connectivity index (χ0v) is 34.3. The molecule has 0 spiro atoms. The summed E-state index contributed by atoms with van der Waals surface area (Å²) < 4.78 is 21.2. The van der Waals surface area contributed by atoms with Gasteiger partial charge in [0.1, 0.15) is 25.3 Å². The van der Waals surface area contributed by atoms with Crippen LogP contribution in [0, 0.1) is 0 Å². The van der Waals surface area contributed by atoms with Crippen LogP contribution in [0.2, 0.25) is 0 Å². The van der Waals surface area contributed by atoms with Gasteiger partial charge in [0.25, 0.3) is 0 Å². The highest BCUT2D eigenvalue weighted by Crippen LogP contribution is 2.13. The standard InChI is InChI=1S/C39H71N5O14/c40-31(38(51)52)15-13-14-20-41-35(47)29-57-27-26-56-24-22-43-36(48)30-58-28-25-55-23-21-42-33(45)19-18-32(39(53)54)44-34(46)16-11-9-7-5-3-1-2-4-6-8-10-12-17-37(49)50/h31-32H,1-30,40H2,(H,41,47)(H,42,45)(H,43,48)(H,44,46)(H,49,50)(H,51,52)(H,53,54)/t31-,32-/m0/s1. The quantitative estimate of drug-likeness (QED) is 0.0408. The molecular weight excluding hydrogens is 762 g/mol. The molecule has 0 fully saturated rings. The molecule has 0 heterocycles. The Morgan fingerprint density at radius 3 is 1.36 bits per heavy atom. The number of amides is 4. The van der Waals surface area contributed by atoms with Crippen LogP contribution in [0.1, 0.15) is 122 Å². The van der Waals surface area contributed by atoms with Crippen LogP contribution in [0.25, 0.3) is 0 Å². The molecule has 58 heavy (non-hydrogen) atoms. The molecule has 0 aromatic rings. The third-order valence-electron chi connectivity index (χ3n) is 8.77. The van der Waals surface area contributed by atoms with Crippen molar-refractivity contribution >= 4 is 41.5 Å². The van der Waals surface area contributed by atoms with Crippen LogP contribution in [0.5, 0.6) is 0 Å². The number of nitrogens with two attached hydrogens (primary N) is 1. The number of ether oxygens (including phenoxy) is 4. The van der Waals surface area contributed by atoms with E-state index >= 15 is 0 Å². The number of hydrogen-bond donors (Lipinski definition) is 8. The van der Waals surface area contributed by atoms with Gasteiger partial charge in [-0.15, -0.1) is 0 Å². The van der Waals surface area contributed by atoms with Gasteiger partial charge in [-0.05, 0) is 38.5 Å². The predicted molar refractivity (Wildman–Crippen MR) is 213 cm³/mol. The van der Waals surface area contributed by atoms with Gasteiger partial charge in [-0.2, -0.15) is 0 Å². The Morgan fingerprint density at radius 1 is 0.431 bits per heavy atom. The number of nitrogens with one attached hydrogen (secondary N) is 4. The number of unbranched alkanes of at least 4 members (excludes halogenated alkanes) is 12. The minimum Gasteiger partial charge on any atom is -0.481 e. The second-order valence-electron chi connectivity index (χ2n) is 14.0. The predicted octanol–water partition coefficient (Wildman–Crippen LogP) is 1.88. The topological polar surface area (TPSA) is 291 Å². The van der Waals surface area contributed by atoms with Gasteiger partial charge >= 0.3 is 17.9 Å². The van der Waals surface area contributed by atoms with Gasteiger partial charge in [-0.3, -0.25) is 28.8 Å². The SMILES string of the molecule is N[C@@H](CCCCNC(=O)COCCOCCNC(=O)COCCOCCNC(=O)CC[C@H](NC(=O)CCCCCCCCCCCCCCC(=O)O)C(=O)O)C(=O)O. The molecule has 0 aromatic carbocycles. The van der Waals surface area contributed by atoms with E-state index in [1.807, 2.05) is 0 Å². The third kappa shape index (κ3) is 37.7. The molecule has 0 bridgehead atoms. The maximum atomic E-state index is 12.3. The maximum absolute atomic E-state index is 12.3. The molecule has 19 heteroatoms. The molecular formula is C39H71N5O14. The molecule has 0 aromatic heterocycles. The minimum absolute atomic E-state index is 0.0363. The van der Waals surface area contributed by atoms with E-state index in [-0.39, 0.29) is 115 Å². The Balaban J connectivity index is 3.66. The van der Waals surface area contributed by atoms with E-state index in [1.165, 1.54) is 19.3 Å². The highest BCUT2D eigenvalue weighted by molar-refractivity contribution is 5.84. The fraction of sp³-hybridized carbons (Fsp3) is 0.821. The summed E-state index contributed by atoms with van der Waals surface area (Å²) in [6.07, 6.45) is 14.2. The zero-order valence-electron chi connectivity index (χ0n) is 34.3. The first-order valence-electron chi connectivity index (χ1n) is 20.8. The van der Waals surface area contributed by atoms with Gasteiger partial charge in [-0.1, -0.05) is 64.2 Å². The van der Waals surface area contributed by atoms with Gasteiger partial charge in [0.05, 0.1) is 39.6 Å². The third-order valence-corrected chi connectivity index (χ3v) is 8.77. The van der Waals surface area contributed by atoms with Crippen molar-refractivity contribution < 1.29 is 67.8 Å². The smallest absolute Gasteiger partial charge is 0.326 e. The van der Waals surface area contributed by atoms with Crippen molar-refractivity contribution in [2.45, 2.75) is 134 Å². The average Bonchev–Trinajstić information content (AvgIpc) is 3.17. The number of aliphatic carboxylic acids is 3. The van der Waals surface area contributed by atoms with Crippen LogP contribution in [0.4, 0.5) is 0 Å². The molecule has 9 N–H and O–H groups in total. The molecule has 4 amide bonds. The van der Waals surface area contributed by atoms with Crippen LogP contribution in [0.15, 0.2) is 0 Å². The van der Waals surface area contributed by atoms with Crippen molar-refractivity contribution in [3.05, 3.63) is 0 Å². The lowest BCUT2D eigenvalue weighted by Gasteiger charge is -2.14. The van der Waals surface area contributed by atoms with Crippen LogP contribution < -0.4 is 27.0 Å². The Hall–Kier alpha value is -3.91. The summed E-state index contributed by atoms with van der Waals surface area (Å²) in [7, 11) is 0. The van der Waals surface area contributed by atoms with Crippen molar-refractivity contribution in [1.82, 2.24) is 21.3 Å². The molecule has 0 saturated carbocycles. The second-order valence-corrected chi connectivity index (χ2v) is 14.0. The maximum Gasteiger partial charge on any atom is 0.326 e. The van der Waals surface area contributed by atoms with Crippen LogP contribution in [-0.4, -0.2) is 141 Å². The van der Waals surface area contributed by atoms with Gasteiger partial charge in [0.15, 0.2) is 0 Å². The highest BCUT2D eigenvalue weighted by Gasteiger charge is 2.21. The van der Waals surface area contributed by atoms with Gasteiger partial charge in [0, 0.05) is 38.9 Å². The fourth-order valence-corrected chi connectivity index (χ4v) is 5.45. The first-order valence-corrected chi connectivity index (χ1v) is 20.8. The van der Waals surface area contributed by atoms with E-state index in [2.05, 4.69) is 21.3 Å². The van der Waals surface area contributed by atoms with Crippen LogP contribution in [-0.2, 0) is 52.5 Å². The van der Waals surface area contributed by atoms with Crippen LogP contribution in [0.3, 0.4) is 0 Å². The molecule has 336 valence electrons. The van der Waals surface area contributed by atoms with Crippen molar-refractivity contribution in [3.63, 3.8) is 0 Å². The zero-order chi connectivity index (χ0) is 43.1. The summed E-state index contributed by atoms with van der Waals surface area (Å²) in [6, 6.07) is -2.05. The van der Waals surface area contributed by atoms with Crippen molar-refractivity contribution in [1.29, 1.82) is 0 Å². The molecule has 0 aliphatic rings. The van der Waals surface area contributed by atoms with Gasteiger partial charge in [0.2, 0.25) is 23.6 Å². The Labute approximate surface area is 342 Å². The number of rotatable bonds is 42. The molecule has 0 radical (unpaired) electrons. The lowest BCUT2D eigenvalue weighted by atomic mass is 10.0. The summed E-state index contributed by atoms with van der Waals surface area (Å²) in [5.74, 6) is -4.30. The number of carbonyl (C=O) groups excluding carboxylic acids is 4. The number of carboxylic acids is 3.